The Balaban J connectivity index is 3.09. The molecule has 0 atom stereocenters. The van der Waals surface area contributed by atoms with Crippen molar-refractivity contribution < 1.29 is 27.5 Å². The second-order valence-corrected chi connectivity index (χ2v) is 6.11. The van der Waals surface area contributed by atoms with Crippen LogP contribution in [0.5, 0.6) is 0 Å². The van der Waals surface area contributed by atoms with Crippen LogP contribution in [0.1, 0.15) is 57.8 Å². The lowest BCUT2D eigenvalue weighted by molar-refractivity contribution is -0.201. The van der Waals surface area contributed by atoms with Crippen LogP contribution in [-0.4, -0.2) is 32.4 Å². The van der Waals surface area contributed by atoms with E-state index in [-0.39, 0.29) is 13.0 Å². The van der Waals surface area contributed by atoms with Gasteiger partial charge in [-0.1, -0.05) is 38.5 Å². The predicted octanol–water partition coefficient (Wildman–Crippen LogP) is 2.49. The molecule has 1 N–H and O–H groups in total. The molecular formula is C12H24O6S. The molecule has 0 radical (unpaired) electrons. The minimum absolute atomic E-state index is 0.262. The lowest BCUT2D eigenvalue weighted by atomic mass is 10.1. The molecule has 0 rings (SSSR count). The maximum Gasteiger partial charge on any atom is 0.303 e. The third-order valence-corrected chi connectivity index (χ3v) is 2.88. The summed E-state index contributed by atoms with van der Waals surface area (Å²) in [5.74, 6) is -0.726. The van der Waals surface area contributed by atoms with Crippen molar-refractivity contribution in [3.8, 4) is 0 Å². The third kappa shape index (κ3) is 17.3. The van der Waals surface area contributed by atoms with E-state index in [1.54, 1.807) is 0 Å². The third-order valence-electron chi connectivity index (χ3n) is 2.54. The highest BCUT2D eigenvalue weighted by Gasteiger charge is 2.01. The summed E-state index contributed by atoms with van der Waals surface area (Å²) in [7, 11) is -3.50. The largest absolute Gasteiger partial charge is 0.481 e. The molecule has 0 unspecified atom stereocenters. The highest BCUT2D eigenvalue weighted by Crippen LogP contribution is 2.09. The van der Waals surface area contributed by atoms with Crippen molar-refractivity contribution in [2.45, 2.75) is 57.8 Å². The summed E-state index contributed by atoms with van der Waals surface area (Å²) in [4.78, 5) is 14.8. The lowest BCUT2D eigenvalue weighted by Gasteiger charge is -2.02. The summed E-state index contributed by atoms with van der Waals surface area (Å²) >= 11 is 0. The molecule has 19 heavy (non-hydrogen) atoms. The molecule has 0 fully saturated rings. The number of carboxylic acids is 1. The fourth-order valence-electron chi connectivity index (χ4n) is 1.62. The van der Waals surface area contributed by atoms with Gasteiger partial charge >= 0.3 is 5.97 Å². The van der Waals surface area contributed by atoms with Crippen LogP contribution >= 0.6 is 0 Å². The molecule has 6 nitrogen and oxygen atoms in total. The van der Waals surface area contributed by atoms with Crippen molar-refractivity contribution >= 4 is 16.1 Å². The van der Waals surface area contributed by atoms with E-state index in [0.29, 0.717) is 0 Å². The molecule has 0 saturated carbocycles. The van der Waals surface area contributed by atoms with Crippen LogP contribution in [0.3, 0.4) is 0 Å². The molecule has 0 aromatic carbocycles. The van der Waals surface area contributed by atoms with Gasteiger partial charge in [-0.25, -0.2) is 4.89 Å². The second kappa shape index (κ2) is 11.2. The standard InChI is InChI=1S/C12H24O6S/c1-19(15,16)18-17-11-9-7-5-3-2-4-6-8-10-12(13)14/h2-11H2,1H3,(H,13,14). The molecule has 0 heterocycles. The first-order chi connectivity index (χ1) is 8.92. The zero-order valence-corrected chi connectivity index (χ0v) is 12.3. The van der Waals surface area contributed by atoms with Crippen molar-refractivity contribution in [3.05, 3.63) is 0 Å². The number of carboxylic acid groups (broad SMARTS) is 1. The van der Waals surface area contributed by atoms with Gasteiger partial charge in [0.2, 0.25) is 0 Å². The summed E-state index contributed by atoms with van der Waals surface area (Å²) in [6.45, 7) is 0.283. The van der Waals surface area contributed by atoms with E-state index in [0.717, 1.165) is 57.6 Å². The average Bonchev–Trinajstić information content (AvgIpc) is 2.28. The molecule has 7 heteroatoms. The van der Waals surface area contributed by atoms with Gasteiger partial charge in [-0.2, -0.15) is 8.42 Å². The van der Waals surface area contributed by atoms with E-state index >= 15 is 0 Å². The van der Waals surface area contributed by atoms with Crippen LogP contribution in [0.2, 0.25) is 0 Å². The van der Waals surface area contributed by atoms with E-state index in [1.165, 1.54) is 0 Å². The molecule has 0 aliphatic carbocycles. The van der Waals surface area contributed by atoms with Gasteiger partial charge in [0.15, 0.2) is 0 Å². The maximum atomic E-state index is 10.5. The van der Waals surface area contributed by atoms with E-state index in [9.17, 15) is 13.2 Å². The first-order valence-corrected chi connectivity index (χ1v) is 8.46. The van der Waals surface area contributed by atoms with Crippen molar-refractivity contribution in [1.82, 2.24) is 0 Å². The molecular weight excluding hydrogens is 272 g/mol. The van der Waals surface area contributed by atoms with Crippen LogP contribution in [0.25, 0.3) is 0 Å². The Hall–Kier alpha value is -0.660. The highest BCUT2D eigenvalue weighted by atomic mass is 32.2. The number of unbranched alkanes of at least 4 members (excludes halogenated alkanes) is 7. The monoisotopic (exact) mass is 296 g/mol. The summed E-state index contributed by atoms with van der Waals surface area (Å²) in [5.41, 5.74) is 0. The van der Waals surface area contributed by atoms with Gasteiger partial charge in [-0.15, -0.1) is 4.33 Å². The lowest BCUT2D eigenvalue weighted by Crippen LogP contribution is -2.04. The summed E-state index contributed by atoms with van der Waals surface area (Å²) < 4.78 is 25.2. The quantitative estimate of drug-likeness (QED) is 0.319. The number of hydrogen-bond donors (Lipinski definition) is 1. The van der Waals surface area contributed by atoms with Crippen LogP contribution in [-0.2, 0) is 24.1 Å². The summed E-state index contributed by atoms with van der Waals surface area (Å²) in [5, 5.41) is 8.45. The molecule has 0 bridgehead atoms. The normalized spacial score (nSPS) is 11.6. The van der Waals surface area contributed by atoms with E-state index < -0.39 is 16.1 Å². The Bertz CT molecular complexity index is 325. The van der Waals surface area contributed by atoms with Gasteiger partial charge < -0.3 is 5.11 Å². The van der Waals surface area contributed by atoms with Gasteiger partial charge in [0.1, 0.15) is 0 Å². The topological polar surface area (TPSA) is 89.9 Å². The minimum atomic E-state index is -3.50. The molecule has 0 aromatic heterocycles. The Kier molecular flexibility index (Phi) is 10.8. The Morgan fingerprint density at radius 3 is 1.89 bits per heavy atom. The Morgan fingerprint density at radius 2 is 1.42 bits per heavy atom. The fraction of sp³-hybridized carbons (Fsp3) is 0.917. The second-order valence-electron chi connectivity index (χ2n) is 4.57. The smallest absolute Gasteiger partial charge is 0.303 e. The molecule has 0 spiro atoms. The van der Waals surface area contributed by atoms with E-state index in [2.05, 4.69) is 9.22 Å². The molecule has 0 amide bonds. The van der Waals surface area contributed by atoms with Gasteiger partial charge in [0.05, 0.1) is 12.9 Å². The minimum Gasteiger partial charge on any atom is -0.481 e. The number of hydrogen-bond acceptors (Lipinski definition) is 5. The van der Waals surface area contributed by atoms with Crippen molar-refractivity contribution in [2.75, 3.05) is 12.9 Å². The first-order valence-electron chi connectivity index (χ1n) is 6.64. The molecule has 0 aromatic rings. The van der Waals surface area contributed by atoms with Gasteiger partial charge in [0.25, 0.3) is 10.1 Å². The van der Waals surface area contributed by atoms with Crippen LogP contribution in [0.4, 0.5) is 0 Å². The van der Waals surface area contributed by atoms with Gasteiger partial charge in [-0.05, 0) is 12.8 Å². The summed E-state index contributed by atoms with van der Waals surface area (Å²) in [6, 6.07) is 0. The first kappa shape index (κ1) is 18.3. The van der Waals surface area contributed by atoms with Crippen molar-refractivity contribution in [3.63, 3.8) is 0 Å². The Morgan fingerprint density at radius 1 is 0.947 bits per heavy atom. The average molecular weight is 296 g/mol. The van der Waals surface area contributed by atoms with Crippen LogP contribution in [0.15, 0.2) is 0 Å². The van der Waals surface area contributed by atoms with Crippen LogP contribution in [0, 0.1) is 0 Å². The van der Waals surface area contributed by atoms with E-state index in [1.807, 2.05) is 0 Å². The van der Waals surface area contributed by atoms with Gasteiger partial charge in [0, 0.05) is 6.42 Å². The zero-order valence-electron chi connectivity index (χ0n) is 11.5. The number of aliphatic carboxylic acids is 1. The van der Waals surface area contributed by atoms with Gasteiger partial charge in [-0.3, -0.25) is 4.79 Å². The SMILES string of the molecule is CS(=O)(=O)OOCCCCCCCCCCC(=O)O. The van der Waals surface area contributed by atoms with E-state index in [4.69, 9.17) is 5.11 Å². The fourth-order valence-corrected chi connectivity index (χ4v) is 1.86. The number of carbonyl (C=O) groups is 1. The summed E-state index contributed by atoms with van der Waals surface area (Å²) in [6.07, 6.45) is 9.04. The molecule has 114 valence electrons. The maximum absolute atomic E-state index is 10.5. The molecule has 0 aliphatic rings. The Labute approximate surface area is 115 Å². The van der Waals surface area contributed by atoms with Crippen molar-refractivity contribution in [2.24, 2.45) is 0 Å². The zero-order chi connectivity index (χ0) is 14.6. The van der Waals surface area contributed by atoms with Crippen molar-refractivity contribution in [1.29, 1.82) is 0 Å². The molecule has 0 saturated heterocycles. The predicted molar refractivity (Wildman–Crippen MR) is 71.1 cm³/mol. The number of rotatable bonds is 13. The highest BCUT2D eigenvalue weighted by molar-refractivity contribution is 7.85. The van der Waals surface area contributed by atoms with Crippen LogP contribution < -0.4 is 0 Å². The molecule has 0 aliphatic heterocycles.